The summed E-state index contributed by atoms with van der Waals surface area (Å²) in [7, 11) is 2.04. The Morgan fingerprint density at radius 2 is 1.82 bits per heavy atom. The van der Waals surface area contributed by atoms with Crippen LogP contribution in [0.2, 0.25) is 0 Å². The molecule has 146 valence electrons. The second-order valence-electron chi connectivity index (χ2n) is 7.11. The number of carbonyl (C=O) groups excluding carboxylic acids is 1. The Bertz CT molecular complexity index is 908. The molecule has 5 nitrogen and oxygen atoms in total. The van der Waals surface area contributed by atoms with Gasteiger partial charge in [-0.15, -0.1) is 0 Å². The van der Waals surface area contributed by atoms with Gasteiger partial charge >= 0.3 is 0 Å². The second kappa shape index (κ2) is 9.83. The van der Waals surface area contributed by atoms with Crippen LogP contribution < -0.4 is 10.2 Å². The molecule has 0 aliphatic carbocycles. The van der Waals surface area contributed by atoms with Gasteiger partial charge in [0, 0.05) is 25.2 Å². The predicted octanol–water partition coefficient (Wildman–Crippen LogP) is 5.29. The van der Waals surface area contributed by atoms with Crippen LogP contribution in [0.1, 0.15) is 49.4 Å². The van der Waals surface area contributed by atoms with E-state index in [9.17, 15) is 4.79 Å². The lowest BCUT2D eigenvalue weighted by atomic mass is 10.1. The van der Waals surface area contributed by atoms with Gasteiger partial charge < -0.3 is 10.2 Å². The highest BCUT2D eigenvalue weighted by Gasteiger charge is 2.09. The van der Waals surface area contributed by atoms with E-state index in [2.05, 4.69) is 27.1 Å². The maximum absolute atomic E-state index is 12.5. The summed E-state index contributed by atoms with van der Waals surface area (Å²) in [6.07, 6.45) is 9.57. The first-order valence-corrected chi connectivity index (χ1v) is 10.0. The lowest BCUT2D eigenvalue weighted by Gasteiger charge is -2.18. The highest BCUT2D eigenvalue weighted by Crippen LogP contribution is 2.17. The minimum Gasteiger partial charge on any atom is -0.360 e. The Balaban J connectivity index is 1.56. The molecule has 0 spiro atoms. The van der Waals surface area contributed by atoms with Gasteiger partial charge in [0.05, 0.1) is 23.0 Å². The van der Waals surface area contributed by atoms with Crippen LogP contribution in [0.25, 0.3) is 10.9 Å². The van der Waals surface area contributed by atoms with E-state index < -0.39 is 0 Å². The molecule has 1 aromatic carbocycles. The average molecular weight is 377 g/mol. The SMILES string of the molecule is CCCCCCCN(C)c1ccc(C(=O)Nc2cnc3ccccc3c2)cn1. The Morgan fingerprint density at radius 1 is 1.00 bits per heavy atom. The molecule has 0 aliphatic heterocycles. The van der Waals surface area contributed by atoms with E-state index in [-0.39, 0.29) is 5.91 Å². The Hall–Kier alpha value is -2.95. The molecule has 0 saturated carbocycles. The van der Waals surface area contributed by atoms with Gasteiger partial charge in [0.25, 0.3) is 5.91 Å². The fourth-order valence-electron chi connectivity index (χ4n) is 3.16. The number of para-hydroxylation sites is 1. The number of fused-ring (bicyclic) bond motifs is 1. The van der Waals surface area contributed by atoms with Crippen LogP contribution in [0.5, 0.6) is 0 Å². The lowest BCUT2D eigenvalue weighted by molar-refractivity contribution is 0.102. The number of carbonyl (C=O) groups is 1. The summed E-state index contributed by atoms with van der Waals surface area (Å²) in [6, 6.07) is 13.5. The van der Waals surface area contributed by atoms with E-state index in [0.29, 0.717) is 11.3 Å². The first-order valence-electron chi connectivity index (χ1n) is 10.0. The summed E-state index contributed by atoms with van der Waals surface area (Å²) >= 11 is 0. The normalized spacial score (nSPS) is 10.8. The molecule has 0 saturated heterocycles. The van der Waals surface area contributed by atoms with Gasteiger partial charge in [-0.25, -0.2) is 4.98 Å². The van der Waals surface area contributed by atoms with Crippen molar-refractivity contribution in [3.05, 3.63) is 60.4 Å². The quantitative estimate of drug-likeness (QED) is 0.516. The van der Waals surface area contributed by atoms with Crippen molar-refractivity contribution in [1.82, 2.24) is 9.97 Å². The molecule has 3 aromatic rings. The van der Waals surface area contributed by atoms with Crippen LogP contribution >= 0.6 is 0 Å². The number of hydrogen-bond acceptors (Lipinski definition) is 4. The predicted molar refractivity (Wildman–Crippen MR) is 116 cm³/mol. The zero-order valence-corrected chi connectivity index (χ0v) is 16.7. The Labute approximate surface area is 166 Å². The van der Waals surface area contributed by atoms with Crippen LogP contribution in [0.4, 0.5) is 11.5 Å². The van der Waals surface area contributed by atoms with Crippen LogP contribution in [0, 0.1) is 0 Å². The van der Waals surface area contributed by atoms with Crippen LogP contribution in [0.15, 0.2) is 54.9 Å². The second-order valence-corrected chi connectivity index (χ2v) is 7.11. The Morgan fingerprint density at radius 3 is 2.61 bits per heavy atom. The zero-order chi connectivity index (χ0) is 19.8. The van der Waals surface area contributed by atoms with Gasteiger partial charge in [-0.2, -0.15) is 0 Å². The lowest BCUT2D eigenvalue weighted by Crippen LogP contribution is -2.20. The summed E-state index contributed by atoms with van der Waals surface area (Å²) in [6.45, 7) is 3.20. The van der Waals surface area contributed by atoms with Crippen LogP contribution in [-0.2, 0) is 0 Å². The van der Waals surface area contributed by atoms with Gasteiger partial charge in [0.15, 0.2) is 0 Å². The van der Waals surface area contributed by atoms with Crippen molar-refractivity contribution >= 4 is 28.3 Å². The van der Waals surface area contributed by atoms with Gasteiger partial charge in [-0.3, -0.25) is 9.78 Å². The summed E-state index contributed by atoms with van der Waals surface area (Å²) in [5.74, 6) is 0.706. The molecule has 1 N–H and O–H groups in total. The first-order chi connectivity index (χ1) is 13.7. The molecule has 0 radical (unpaired) electrons. The number of pyridine rings is 2. The van der Waals surface area contributed by atoms with Crippen molar-refractivity contribution in [2.75, 3.05) is 23.8 Å². The minimum atomic E-state index is -0.182. The molecular weight excluding hydrogens is 348 g/mol. The van der Waals surface area contributed by atoms with E-state index in [1.165, 1.54) is 25.7 Å². The van der Waals surface area contributed by atoms with Gasteiger partial charge in [-0.05, 0) is 30.7 Å². The van der Waals surface area contributed by atoms with E-state index in [4.69, 9.17) is 0 Å². The number of nitrogens with one attached hydrogen (secondary N) is 1. The molecule has 0 aliphatic rings. The molecular formula is C23H28N4O. The Kier molecular flexibility index (Phi) is 6.95. The average Bonchev–Trinajstić information content (AvgIpc) is 2.73. The van der Waals surface area contributed by atoms with Gasteiger partial charge in [0.2, 0.25) is 0 Å². The summed E-state index contributed by atoms with van der Waals surface area (Å²) in [5, 5.41) is 3.89. The third kappa shape index (κ3) is 5.28. The number of anilines is 2. The molecule has 5 heteroatoms. The van der Waals surface area contributed by atoms with Crippen LogP contribution in [0.3, 0.4) is 0 Å². The highest BCUT2D eigenvalue weighted by molar-refractivity contribution is 6.04. The fraction of sp³-hybridized carbons (Fsp3) is 0.348. The highest BCUT2D eigenvalue weighted by atomic mass is 16.1. The van der Waals surface area contributed by atoms with Crippen LogP contribution in [-0.4, -0.2) is 29.5 Å². The summed E-state index contributed by atoms with van der Waals surface area (Å²) < 4.78 is 0. The largest absolute Gasteiger partial charge is 0.360 e. The summed E-state index contributed by atoms with van der Waals surface area (Å²) in [4.78, 5) is 23.5. The number of benzene rings is 1. The number of hydrogen-bond donors (Lipinski definition) is 1. The third-order valence-electron chi connectivity index (χ3n) is 4.85. The number of nitrogens with zero attached hydrogens (tertiary/aromatic N) is 3. The number of rotatable bonds is 9. The molecule has 0 atom stereocenters. The maximum Gasteiger partial charge on any atom is 0.257 e. The van der Waals surface area contributed by atoms with E-state index in [0.717, 1.165) is 29.7 Å². The molecule has 0 bridgehead atoms. The topological polar surface area (TPSA) is 58.1 Å². The number of amides is 1. The molecule has 2 heterocycles. The monoisotopic (exact) mass is 376 g/mol. The third-order valence-corrected chi connectivity index (χ3v) is 4.85. The van der Waals surface area contributed by atoms with Crippen molar-refractivity contribution in [3.63, 3.8) is 0 Å². The standard InChI is InChI=1S/C23H28N4O/c1-3-4-5-6-9-14-27(2)22-13-12-19(16-25-22)23(28)26-20-15-18-10-7-8-11-21(18)24-17-20/h7-8,10-13,15-17H,3-6,9,14H2,1-2H3,(H,26,28). The number of aromatic nitrogens is 2. The van der Waals surface area contributed by atoms with E-state index in [1.807, 2.05) is 49.5 Å². The van der Waals surface area contributed by atoms with Crippen molar-refractivity contribution in [1.29, 1.82) is 0 Å². The van der Waals surface area contributed by atoms with Crippen molar-refractivity contribution in [3.8, 4) is 0 Å². The molecule has 0 fully saturated rings. The molecule has 2 aromatic heterocycles. The van der Waals surface area contributed by atoms with Crippen molar-refractivity contribution < 1.29 is 4.79 Å². The molecule has 0 unspecified atom stereocenters. The van der Waals surface area contributed by atoms with E-state index in [1.54, 1.807) is 12.4 Å². The molecule has 3 rings (SSSR count). The zero-order valence-electron chi connectivity index (χ0n) is 16.7. The minimum absolute atomic E-state index is 0.182. The fourth-order valence-corrected chi connectivity index (χ4v) is 3.16. The first kappa shape index (κ1) is 19.8. The van der Waals surface area contributed by atoms with E-state index >= 15 is 0 Å². The smallest absolute Gasteiger partial charge is 0.257 e. The molecule has 28 heavy (non-hydrogen) atoms. The van der Waals surface area contributed by atoms with Crippen molar-refractivity contribution in [2.24, 2.45) is 0 Å². The van der Waals surface area contributed by atoms with Gasteiger partial charge in [-0.1, -0.05) is 50.8 Å². The molecule has 1 amide bonds. The number of unbranched alkanes of at least 4 members (excludes halogenated alkanes) is 4. The van der Waals surface area contributed by atoms with Crippen molar-refractivity contribution in [2.45, 2.75) is 39.0 Å². The summed E-state index contributed by atoms with van der Waals surface area (Å²) in [5.41, 5.74) is 2.12. The van der Waals surface area contributed by atoms with Gasteiger partial charge in [0.1, 0.15) is 5.82 Å². The maximum atomic E-state index is 12.5.